The molecule has 0 aliphatic heterocycles. The number of ketones is 2. The van der Waals surface area contributed by atoms with E-state index in [-0.39, 0.29) is 23.7 Å². The van der Waals surface area contributed by atoms with Gasteiger partial charge in [-0.25, -0.2) is 0 Å². The van der Waals surface area contributed by atoms with Crippen molar-refractivity contribution in [3.05, 3.63) is 81.2 Å². The SMILES string of the molecule is CC(C)=CCC/C(C)=C/CC1=C(O)C(C/C=C(\C)CCC=C(C)C)(C/C=C(\C)CCC=C(C)C)C(=O)CC1=O. The van der Waals surface area contributed by atoms with Crippen molar-refractivity contribution in [2.75, 3.05) is 0 Å². The van der Waals surface area contributed by atoms with Crippen LogP contribution in [-0.2, 0) is 9.59 Å². The summed E-state index contributed by atoms with van der Waals surface area (Å²) in [6.07, 6.45) is 19.6. The van der Waals surface area contributed by atoms with Crippen LogP contribution >= 0.6 is 0 Å². The summed E-state index contributed by atoms with van der Waals surface area (Å²) in [6, 6.07) is 0. The highest BCUT2D eigenvalue weighted by molar-refractivity contribution is 6.13. The molecule has 0 amide bonds. The topological polar surface area (TPSA) is 54.4 Å². The summed E-state index contributed by atoms with van der Waals surface area (Å²) >= 11 is 0. The van der Waals surface area contributed by atoms with Gasteiger partial charge in [0.05, 0.1) is 11.8 Å². The van der Waals surface area contributed by atoms with Gasteiger partial charge in [0, 0.05) is 5.57 Å². The van der Waals surface area contributed by atoms with Crippen LogP contribution in [0.5, 0.6) is 0 Å². The number of allylic oxidation sites excluding steroid dienone is 14. The van der Waals surface area contributed by atoms with E-state index in [9.17, 15) is 14.7 Å². The Morgan fingerprint density at radius 3 is 1.41 bits per heavy atom. The second-order valence-electron chi connectivity index (χ2n) is 12.2. The summed E-state index contributed by atoms with van der Waals surface area (Å²) in [7, 11) is 0. The maximum Gasteiger partial charge on any atom is 0.169 e. The molecule has 1 aliphatic rings. The molecule has 0 heterocycles. The Hall–Kier alpha value is -2.68. The summed E-state index contributed by atoms with van der Waals surface area (Å²) in [6.45, 7) is 18.8. The maximum absolute atomic E-state index is 13.5. The lowest BCUT2D eigenvalue weighted by molar-refractivity contribution is -0.134. The van der Waals surface area contributed by atoms with Crippen molar-refractivity contribution >= 4 is 11.6 Å². The van der Waals surface area contributed by atoms with E-state index in [0.29, 0.717) is 24.8 Å². The fourth-order valence-corrected chi connectivity index (χ4v) is 4.73. The van der Waals surface area contributed by atoms with Gasteiger partial charge in [0.2, 0.25) is 0 Å². The number of rotatable bonds is 15. The first-order chi connectivity index (χ1) is 18.3. The molecule has 216 valence electrons. The molecule has 0 spiro atoms. The molecule has 0 atom stereocenters. The average molecular weight is 535 g/mol. The smallest absolute Gasteiger partial charge is 0.169 e. The summed E-state index contributed by atoms with van der Waals surface area (Å²) in [4.78, 5) is 26.5. The summed E-state index contributed by atoms with van der Waals surface area (Å²) in [5, 5.41) is 11.6. The minimum Gasteiger partial charge on any atom is -0.511 e. The Morgan fingerprint density at radius 1 is 0.641 bits per heavy atom. The van der Waals surface area contributed by atoms with Crippen LogP contribution in [0.1, 0.15) is 127 Å². The van der Waals surface area contributed by atoms with E-state index in [1.165, 1.54) is 33.4 Å². The van der Waals surface area contributed by atoms with Gasteiger partial charge in [-0.05, 0) is 120 Å². The largest absolute Gasteiger partial charge is 0.511 e. The standard InChI is InChI=1S/C36H54O3/c1-26(2)13-10-16-29(7)19-20-32-33(37)25-34(38)36(35(32)39,23-21-30(8)17-11-14-27(3)4)24-22-31(9)18-12-15-28(5)6/h13-15,19,21-22,39H,10-12,16-18,20,23-25H2,1-9H3/b29-19+,30-21+,31-22+. The van der Waals surface area contributed by atoms with Crippen molar-refractivity contribution in [3.63, 3.8) is 0 Å². The minimum absolute atomic E-state index is 0.0150. The Bertz CT molecular complexity index is 1030. The van der Waals surface area contributed by atoms with Gasteiger partial charge in [0.25, 0.3) is 0 Å². The van der Waals surface area contributed by atoms with Crippen LogP contribution in [0.25, 0.3) is 0 Å². The van der Waals surface area contributed by atoms with Crippen molar-refractivity contribution in [1.29, 1.82) is 0 Å². The van der Waals surface area contributed by atoms with E-state index in [2.05, 4.69) is 92.7 Å². The molecular formula is C36H54O3. The Morgan fingerprint density at radius 2 is 1.03 bits per heavy atom. The third-order valence-corrected chi connectivity index (χ3v) is 7.46. The number of Topliss-reactive ketones (excluding diaryl/α,β-unsaturated/α-hetero) is 2. The van der Waals surface area contributed by atoms with E-state index < -0.39 is 5.41 Å². The molecule has 39 heavy (non-hydrogen) atoms. The van der Waals surface area contributed by atoms with Crippen molar-refractivity contribution in [2.24, 2.45) is 5.41 Å². The molecular weight excluding hydrogens is 480 g/mol. The highest BCUT2D eigenvalue weighted by Crippen LogP contribution is 2.44. The molecule has 0 radical (unpaired) electrons. The lowest BCUT2D eigenvalue weighted by Crippen LogP contribution is -2.40. The number of aliphatic hydroxyl groups excluding tert-OH is 1. The molecule has 3 heteroatoms. The van der Waals surface area contributed by atoms with Crippen LogP contribution in [0.2, 0.25) is 0 Å². The zero-order chi connectivity index (χ0) is 29.6. The van der Waals surface area contributed by atoms with Crippen molar-refractivity contribution in [1.82, 2.24) is 0 Å². The highest BCUT2D eigenvalue weighted by atomic mass is 16.3. The van der Waals surface area contributed by atoms with Crippen molar-refractivity contribution in [2.45, 2.75) is 127 Å². The zero-order valence-corrected chi connectivity index (χ0v) is 26.3. The predicted molar refractivity (Wildman–Crippen MR) is 168 cm³/mol. The summed E-state index contributed by atoms with van der Waals surface area (Å²) in [5.74, 6) is -0.423. The maximum atomic E-state index is 13.5. The number of carbonyl (C=O) groups is 2. The molecule has 0 aromatic heterocycles. The number of hydrogen-bond donors (Lipinski definition) is 1. The van der Waals surface area contributed by atoms with E-state index in [1.54, 1.807) is 0 Å². The van der Waals surface area contributed by atoms with E-state index >= 15 is 0 Å². The zero-order valence-electron chi connectivity index (χ0n) is 26.3. The first kappa shape index (κ1) is 34.3. The molecule has 0 fully saturated rings. The van der Waals surface area contributed by atoms with Crippen LogP contribution in [0.15, 0.2) is 81.2 Å². The molecule has 0 aromatic carbocycles. The van der Waals surface area contributed by atoms with Crippen molar-refractivity contribution in [3.8, 4) is 0 Å². The van der Waals surface area contributed by atoms with Crippen LogP contribution in [-0.4, -0.2) is 16.7 Å². The third kappa shape index (κ3) is 12.4. The number of carbonyl (C=O) groups excluding carboxylic acids is 2. The van der Waals surface area contributed by atoms with Gasteiger partial charge in [-0.3, -0.25) is 9.59 Å². The first-order valence-corrected chi connectivity index (χ1v) is 14.6. The lowest BCUT2D eigenvalue weighted by atomic mass is 9.67. The lowest BCUT2D eigenvalue weighted by Gasteiger charge is -2.35. The Balaban J connectivity index is 3.37. The molecule has 3 nitrogen and oxygen atoms in total. The van der Waals surface area contributed by atoms with E-state index in [0.717, 1.165) is 38.5 Å². The molecule has 0 unspecified atom stereocenters. The fraction of sp³-hybridized carbons (Fsp3) is 0.556. The van der Waals surface area contributed by atoms with E-state index in [4.69, 9.17) is 0 Å². The summed E-state index contributed by atoms with van der Waals surface area (Å²) in [5.41, 5.74) is 6.79. The minimum atomic E-state index is -1.08. The average Bonchev–Trinajstić information content (AvgIpc) is 2.82. The molecule has 0 bridgehead atoms. The van der Waals surface area contributed by atoms with Crippen LogP contribution < -0.4 is 0 Å². The van der Waals surface area contributed by atoms with E-state index in [1.807, 2.05) is 6.08 Å². The second kappa shape index (κ2) is 17.1. The van der Waals surface area contributed by atoms with Gasteiger partial charge < -0.3 is 5.11 Å². The molecule has 0 saturated heterocycles. The molecule has 1 rings (SSSR count). The monoisotopic (exact) mass is 534 g/mol. The first-order valence-electron chi connectivity index (χ1n) is 14.6. The van der Waals surface area contributed by atoms with Gasteiger partial charge in [0.1, 0.15) is 5.76 Å². The predicted octanol–water partition coefficient (Wildman–Crippen LogP) is 10.6. The van der Waals surface area contributed by atoms with Crippen LogP contribution in [0, 0.1) is 5.41 Å². The normalized spacial score (nSPS) is 16.4. The molecule has 0 saturated carbocycles. The molecule has 1 aliphatic carbocycles. The van der Waals surface area contributed by atoms with Gasteiger partial charge >= 0.3 is 0 Å². The van der Waals surface area contributed by atoms with Crippen molar-refractivity contribution < 1.29 is 14.7 Å². The fourth-order valence-electron chi connectivity index (χ4n) is 4.73. The number of aliphatic hydroxyl groups is 1. The molecule has 0 aromatic rings. The quantitative estimate of drug-likeness (QED) is 0.168. The van der Waals surface area contributed by atoms with Gasteiger partial charge in [-0.1, -0.05) is 69.9 Å². The van der Waals surface area contributed by atoms with Gasteiger partial charge in [0.15, 0.2) is 11.6 Å². The van der Waals surface area contributed by atoms with Gasteiger partial charge in [-0.2, -0.15) is 0 Å². The third-order valence-electron chi connectivity index (χ3n) is 7.46. The second-order valence-corrected chi connectivity index (χ2v) is 12.2. The summed E-state index contributed by atoms with van der Waals surface area (Å²) < 4.78 is 0. The van der Waals surface area contributed by atoms with Gasteiger partial charge in [-0.15, -0.1) is 0 Å². The van der Waals surface area contributed by atoms with Crippen LogP contribution in [0.3, 0.4) is 0 Å². The van der Waals surface area contributed by atoms with Crippen LogP contribution in [0.4, 0.5) is 0 Å². The molecule has 1 N–H and O–H groups in total. The highest BCUT2D eigenvalue weighted by Gasteiger charge is 2.47. The Kier molecular flexibility index (Phi) is 15.1. The number of hydrogen-bond acceptors (Lipinski definition) is 3. The Labute approximate surface area is 239 Å².